The molecule has 1 aromatic heterocycles. The molecule has 0 atom stereocenters. The topological polar surface area (TPSA) is 49.8 Å². The molecule has 2 rings (SSSR count). The van der Waals surface area contributed by atoms with Crippen molar-refractivity contribution in [3.63, 3.8) is 0 Å². The number of nitrogens with one attached hydrogen (secondary N) is 2. The quantitative estimate of drug-likeness (QED) is 0.853. The Labute approximate surface area is 113 Å². The van der Waals surface area contributed by atoms with Crippen molar-refractivity contribution >= 4 is 40.8 Å². The monoisotopic (exact) mass is 287 g/mol. The number of carbonyl (C=O) groups excluding carboxylic acids is 1. The summed E-state index contributed by atoms with van der Waals surface area (Å²) in [4.78, 5) is 14.4. The first kappa shape index (κ1) is 13.0. The number of likely N-dealkylation sites (N-methyl/N-ethyl adjacent to an activating group) is 1. The summed E-state index contributed by atoms with van der Waals surface area (Å²) in [5.74, 6) is -0.680. The predicted molar refractivity (Wildman–Crippen MR) is 70.8 cm³/mol. The van der Waals surface area contributed by atoms with Crippen molar-refractivity contribution in [1.82, 2.24) is 14.9 Å². The Morgan fingerprint density at radius 1 is 1.61 bits per heavy atom. The number of nitrogens with zero attached hydrogens (tertiary/aromatic N) is 1. The molecule has 2 aromatic rings. The second-order valence-corrected chi connectivity index (χ2v) is 4.55. The van der Waals surface area contributed by atoms with Crippen molar-refractivity contribution in [2.45, 2.75) is 13.5 Å². The molecule has 0 aliphatic carbocycles. The third kappa shape index (κ3) is 2.39. The van der Waals surface area contributed by atoms with Gasteiger partial charge in [0.2, 0.25) is 5.91 Å². The largest absolute Gasteiger partial charge is 0.355 e. The maximum atomic E-state index is 13.3. The van der Waals surface area contributed by atoms with Crippen LogP contribution in [-0.2, 0) is 11.3 Å². The number of rotatable bonds is 3. The average Bonchev–Trinajstić information content (AvgIpc) is 2.57. The Hall–Kier alpha value is -1.40. The summed E-state index contributed by atoms with van der Waals surface area (Å²) in [6.07, 6.45) is 0. The number of imidazole rings is 1. The molecule has 0 saturated carbocycles. The van der Waals surface area contributed by atoms with Crippen LogP contribution in [0.2, 0.25) is 5.02 Å². The number of carbonyl (C=O) groups is 1. The number of halogens is 2. The Bertz CT molecular complexity index is 664. The van der Waals surface area contributed by atoms with Gasteiger partial charge in [-0.1, -0.05) is 11.6 Å². The normalized spacial score (nSPS) is 10.8. The van der Waals surface area contributed by atoms with Crippen LogP contribution in [0.5, 0.6) is 0 Å². The maximum Gasteiger partial charge on any atom is 0.240 e. The summed E-state index contributed by atoms with van der Waals surface area (Å²) in [6.45, 7) is 2.46. The first-order chi connectivity index (χ1) is 8.52. The molecule has 1 amide bonds. The van der Waals surface area contributed by atoms with Crippen LogP contribution in [0, 0.1) is 10.6 Å². The molecular formula is C11H11ClFN3OS. The molecule has 0 radical (unpaired) electrons. The first-order valence-electron chi connectivity index (χ1n) is 5.37. The van der Waals surface area contributed by atoms with E-state index < -0.39 is 5.82 Å². The lowest BCUT2D eigenvalue weighted by Gasteiger charge is -2.05. The van der Waals surface area contributed by atoms with Gasteiger partial charge in [0.1, 0.15) is 12.4 Å². The highest BCUT2D eigenvalue weighted by molar-refractivity contribution is 7.71. The van der Waals surface area contributed by atoms with Crippen molar-refractivity contribution in [1.29, 1.82) is 0 Å². The molecule has 1 aromatic carbocycles. The standard InChI is InChI=1S/C11H11ClFN3OS/c1-2-14-10(17)5-16-9-3-6(12)7(13)4-8(9)15-11(16)18/h3-4H,2,5H2,1H3,(H,14,17)(H,15,18). The molecule has 96 valence electrons. The molecule has 0 aliphatic rings. The fraction of sp³-hybridized carbons (Fsp3) is 0.273. The Morgan fingerprint density at radius 2 is 2.33 bits per heavy atom. The minimum Gasteiger partial charge on any atom is -0.355 e. The van der Waals surface area contributed by atoms with Gasteiger partial charge < -0.3 is 14.9 Å². The number of amides is 1. The number of aromatic nitrogens is 2. The zero-order valence-electron chi connectivity index (χ0n) is 9.59. The second kappa shape index (κ2) is 5.07. The van der Waals surface area contributed by atoms with Gasteiger partial charge in [0, 0.05) is 12.6 Å². The minimum atomic E-state index is -0.523. The molecule has 18 heavy (non-hydrogen) atoms. The van der Waals surface area contributed by atoms with E-state index in [1.807, 2.05) is 6.92 Å². The van der Waals surface area contributed by atoms with Gasteiger partial charge in [-0.3, -0.25) is 4.79 Å². The average molecular weight is 288 g/mol. The van der Waals surface area contributed by atoms with Crippen molar-refractivity contribution in [3.8, 4) is 0 Å². The molecule has 0 bridgehead atoms. The van der Waals surface area contributed by atoms with Gasteiger partial charge in [-0.05, 0) is 25.2 Å². The van der Waals surface area contributed by atoms with Crippen LogP contribution in [0.3, 0.4) is 0 Å². The van der Waals surface area contributed by atoms with Gasteiger partial charge in [0.05, 0.1) is 16.1 Å². The van der Waals surface area contributed by atoms with E-state index in [0.717, 1.165) is 0 Å². The van der Waals surface area contributed by atoms with Gasteiger partial charge >= 0.3 is 0 Å². The van der Waals surface area contributed by atoms with E-state index in [0.29, 0.717) is 22.3 Å². The Morgan fingerprint density at radius 3 is 3.00 bits per heavy atom. The van der Waals surface area contributed by atoms with Crippen LogP contribution in [-0.4, -0.2) is 22.0 Å². The fourth-order valence-electron chi connectivity index (χ4n) is 1.71. The fourth-order valence-corrected chi connectivity index (χ4v) is 2.14. The Kier molecular flexibility index (Phi) is 3.68. The summed E-state index contributed by atoms with van der Waals surface area (Å²) in [7, 11) is 0. The van der Waals surface area contributed by atoms with E-state index in [-0.39, 0.29) is 17.5 Å². The molecule has 1 heterocycles. The number of aromatic amines is 1. The molecule has 0 unspecified atom stereocenters. The predicted octanol–water partition coefficient (Wildman–Crippen LogP) is 2.63. The summed E-state index contributed by atoms with van der Waals surface area (Å²) in [5, 5.41) is 2.68. The number of hydrogen-bond acceptors (Lipinski definition) is 2. The molecule has 4 nitrogen and oxygen atoms in total. The van der Waals surface area contributed by atoms with Crippen LogP contribution in [0.15, 0.2) is 12.1 Å². The van der Waals surface area contributed by atoms with Gasteiger partial charge in [-0.25, -0.2) is 4.39 Å². The van der Waals surface area contributed by atoms with Crippen molar-refractivity contribution in [2.24, 2.45) is 0 Å². The van der Waals surface area contributed by atoms with Crippen molar-refractivity contribution < 1.29 is 9.18 Å². The number of H-pyrrole nitrogens is 1. The van der Waals surface area contributed by atoms with Crippen molar-refractivity contribution in [2.75, 3.05) is 6.54 Å². The molecule has 7 heteroatoms. The van der Waals surface area contributed by atoms with E-state index in [2.05, 4.69) is 10.3 Å². The summed E-state index contributed by atoms with van der Waals surface area (Å²) in [5.41, 5.74) is 1.13. The minimum absolute atomic E-state index is 0.00106. The van der Waals surface area contributed by atoms with Crippen LogP contribution in [0.1, 0.15) is 6.92 Å². The number of fused-ring (bicyclic) bond motifs is 1. The van der Waals surface area contributed by atoms with Gasteiger partial charge in [0.25, 0.3) is 0 Å². The summed E-state index contributed by atoms with van der Waals surface area (Å²) >= 11 is 10.8. The lowest BCUT2D eigenvalue weighted by atomic mass is 10.3. The highest BCUT2D eigenvalue weighted by Gasteiger charge is 2.11. The smallest absolute Gasteiger partial charge is 0.240 e. The van der Waals surface area contributed by atoms with Gasteiger partial charge in [-0.15, -0.1) is 0 Å². The lowest BCUT2D eigenvalue weighted by molar-refractivity contribution is -0.121. The highest BCUT2D eigenvalue weighted by Crippen LogP contribution is 2.22. The van der Waals surface area contributed by atoms with Crippen LogP contribution in [0.4, 0.5) is 4.39 Å². The van der Waals surface area contributed by atoms with E-state index in [1.54, 1.807) is 4.57 Å². The van der Waals surface area contributed by atoms with E-state index in [9.17, 15) is 9.18 Å². The number of hydrogen-bond donors (Lipinski definition) is 2. The van der Waals surface area contributed by atoms with E-state index in [4.69, 9.17) is 23.8 Å². The highest BCUT2D eigenvalue weighted by atomic mass is 35.5. The SMILES string of the molecule is CCNC(=O)Cn1c(=S)[nH]c2cc(F)c(Cl)cc21. The second-order valence-electron chi connectivity index (χ2n) is 3.75. The third-order valence-electron chi connectivity index (χ3n) is 2.49. The molecule has 0 spiro atoms. The summed E-state index contributed by atoms with van der Waals surface area (Å²) in [6, 6.07) is 2.72. The zero-order valence-corrected chi connectivity index (χ0v) is 11.2. The molecule has 2 N–H and O–H groups in total. The molecule has 0 saturated heterocycles. The van der Waals surface area contributed by atoms with Gasteiger partial charge in [0.15, 0.2) is 4.77 Å². The van der Waals surface area contributed by atoms with Crippen LogP contribution in [0.25, 0.3) is 11.0 Å². The first-order valence-corrected chi connectivity index (χ1v) is 6.15. The molecule has 0 fully saturated rings. The van der Waals surface area contributed by atoms with E-state index in [1.165, 1.54) is 12.1 Å². The lowest BCUT2D eigenvalue weighted by Crippen LogP contribution is -2.27. The molecule has 0 aliphatic heterocycles. The van der Waals surface area contributed by atoms with Crippen molar-refractivity contribution in [3.05, 3.63) is 27.7 Å². The number of benzene rings is 1. The molecular weight excluding hydrogens is 277 g/mol. The zero-order chi connectivity index (χ0) is 13.3. The summed E-state index contributed by atoms with van der Waals surface area (Å²) < 4.78 is 15.2. The van der Waals surface area contributed by atoms with Crippen LogP contribution >= 0.6 is 23.8 Å². The maximum absolute atomic E-state index is 13.3. The van der Waals surface area contributed by atoms with E-state index >= 15 is 0 Å². The van der Waals surface area contributed by atoms with Crippen LogP contribution < -0.4 is 5.32 Å². The Balaban J connectivity index is 2.50. The third-order valence-corrected chi connectivity index (χ3v) is 3.10. The van der Waals surface area contributed by atoms with Gasteiger partial charge in [-0.2, -0.15) is 0 Å².